The van der Waals surface area contributed by atoms with E-state index < -0.39 is 16.7 Å². The molecule has 2 N–H and O–H groups in total. The van der Waals surface area contributed by atoms with E-state index in [0.717, 1.165) is 5.69 Å². The molecule has 0 aliphatic heterocycles. The SMILES string of the molecule is O=C(NNC(=O)c1ccc([N+](=O)[O-])cc1)c1ccc(-n2cncn2)cc1. The molecule has 1 aromatic heterocycles. The number of amides is 2. The molecule has 0 fully saturated rings. The van der Waals surface area contributed by atoms with Gasteiger partial charge < -0.3 is 0 Å². The van der Waals surface area contributed by atoms with Crippen LogP contribution in [0.3, 0.4) is 0 Å². The quantitative estimate of drug-likeness (QED) is 0.536. The van der Waals surface area contributed by atoms with E-state index in [0.29, 0.717) is 5.56 Å². The van der Waals surface area contributed by atoms with Crippen LogP contribution in [0.5, 0.6) is 0 Å². The minimum Gasteiger partial charge on any atom is -0.267 e. The molecule has 26 heavy (non-hydrogen) atoms. The third-order valence-electron chi connectivity index (χ3n) is 3.44. The number of nitro groups is 1. The van der Waals surface area contributed by atoms with Crippen LogP contribution in [0.25, 0.3) is 5.69 Å². The number of hydrazine groups is 1. The maximum absolute atomic E-state index is 12.1. The molecule has 10 heteroatoms. The third kappa shape index (κ3) is 3.70. The van der Waals surface area contributed by atoms with Crippen molar-refractivity contribution < 1.29 is 14.5 Å². The van der Waals surface area contributed by atoms with Crippen LogP contribution in [-0.4, -0.2) is 31.5 Å². The van der Waals surface area contributed by atoms with Crippen molar-refractivity contribution in [3.05, 3.63) is 82.4 Å². The van der Waals surface area contributed by atoms with Crippen LogP contribution in [-0.2, 0) is 0 Å². The molecule has 0 atom stereocenters. The van der Waals surface area contributed by atoms with Gasteiger partial charge in [-0.2, -0.15) is 5.10 Å². The Morgan fingerprint density at radius 2 is 1.46 bits per heavy atom. The fourth-order valence-electron chi connectivity index (χ4n) is 2.10. The number of carbonyl (C=O) groups is 2. The first-order valence-corrected chi connectivity index (χ1v) is 7.35. The number of rotatable bonds is 4. The summed E-state index contributed by atoms with van der Waals surface area (Å²) in [4.78, 5) is 37.9. The molecule has 130 valence electrons. The Hall–Kier alpha value is -4.08. The molecule has 3 rings (SSSR count). The van der Waals surface area contributed by atoms with Crippen LogP contribution in [0.15, 0.2) is 61.2 Å². The van der Waals surface area contributed by atoms with Crippen molar-refractivity contribution >= 4 is 17.5 Å². The van der Waals surface area contributed by atoms with E-state index >= 15 is 0 Å². The van der Waals surface area contributed by atoms with Gasteiger partial charge in [-0.05, 0) is 36.4 Å². The monoisotopic (exact) mass is 352 g/mol. The van der Waals surface area contributed by atoms with E-state index in [2.05, 4.69) is 20.9 Å². The van der Waals surface area contributed by atoms with Crippen molar-refractivity contribution in [3.63, 3.8) is 0 Å². The van der Waals surface area contributed by atoms with E-state index in [9.17, 15) is 19.7 Å². The minimum atomic E-state index is -0.590. The molecule has 0 aliphatic rings. The minimum absolute atomic E-state index is 0.127. The standard InChI is InChI=1S/C16H12N6O4/c23-15(11-1-5-13(6-2-11)21-10-17-9-18-21)19-20-16(24)12-3-7-14(8-4-12)22(25)26/h1-10H,(H,19,23)(H,20,24). The summed E-state index contributed by atoms with van der Waals surface area (Å²) in [6.07, 6.45) is 2.92. The number of benzene rings is 2. The van der Waals surface area contributed by atoms with Crippen LogP contribution in [0.1, 0.15) is 20.7 Å². The smallest absolute Gasteiger partial charge is 0.267 e. The number of hydrogen-bond acceptors (Lipinski definition) is 6. The molecule has 0 spiro atoms. The van der Waals surface area contributed by atoms with E-state index in [1.54, 1.807) is 24.3 Å². The Balaban J connectivity index is 1.59. The number of nitrogens with zero attached hydrogens (tertiary/aromatic N) is 4. The van der Waals surface area contributed by atoms with E-state index in [1.807, 2.05) is 0 Å². The lowest BCUT2D eigenvalue weighted by molar-refractivity contribution is -0.384. The van der Waals surface area contributed by atoms with Gasteiger partial charge in [0.15, 0.2) is 0 Å². The van der Waals surface area contributed by atoms with Gasteiger partial charge in [-0.1, -0.05) is 0 Å². The molecule has 0 saturated carbocycles. The Morgan fingerprint density at radius 1 is 0.923 bits per heavy atom. The van der Waals surface area contributed by atoms with Crippen molar-refractivity contribution in [2.75, 3.05) is 0 Å². The molecule has 0 bridgehead atoms. The van der Waals surface area contributed by atoms with Crippen LogP contribution in [0.4, 0.5) is 5.69 Å². The van der Waals surface area contributed by atoms with Gasteiger partial charge in [0, 0.05) is 23.3 Å². The molecule has 3 aromatic rings. The number of carbonyl (C=O) groups excluding carboxylic acids is 2. The molecule has 1 heterocycles. The van der Waals surface area contributed by atoms with E-state index in [-0.39, 0.29) is 11.3 Å². The van der Waals surface area contributed by atoms with Crippen LogP contribution in [0, 0.1) is 10.1 Å². The highest BCUT2D eigenvalue weighted by atomic mass is 16.6. The first-order chi connectivity index (χ1) is 12.5. The zero-order chi connectivity index (χ0) is 18.5. The van der Waals surface area contributed by atoms with E-state index in [1.165, 1.54) is 41.6 Å². The first kappa shape index (κ1) is 16.8. The van der Waals surface area contributed by atoms with Gasteiger partial charge in [-0.3, -0.25) is 30.6 Å². The van der Waals surface area contributed by atoms with E-state index in [4.69, 9.17) is 0 Å². The van der Waals surface area contributed by atoms with Crippen LogP contribution in [0.2, 0.25) is 0 Å². The molecule has 2 amide bonds. The van der Waals surface area contributed by atoms with Gasteiger partial charge in [0.05, 0.1) is 10.6 Å². The third-order valence-corrected chi connectivity index (χ3v) is 3.44. The second-order valence-electron chi connectivity index (χ2n) is 5.10. The maximum atomic E-state index is 12.1. The Morgan fingerprint density at radius 3 is 1.92 bits per heavy atom. The van der Waals surface area contributed by atoms with Crippen molar-refractivity contribution in [2.45, 2.75) is 0 Å². The van der Waals surface area contributed by atoms with Crippen LogP contribution < -0.4 is 10.9 Å². The summed E-state index contributed by atoms with van der Waals surface area (Å²) in [5, 5.41) is 14.6. The summed E-state index contributed by atoms with van der Waals surface area (Å²) in [7, 11) is 0. The average molecular weight is 352 g/mol. The Labute approximate surface area is 146 Å². The normalized spacial score (nSPS) is 10.2. The van der Waals surface area contributed by atoms with Gasteiger partial charge in [0.25, 0.3) is 17.5 Å². The fourth-order valence-corrected chi connectivity index (χ4v) is 2.10. The van der Waals surface area contributed by atoms with Gasteiger partial charge in [-0.25, -0.2) is 9.67 Å². The van der Waals surface area contributed by atoms with Crippen LogP contribution >= 0.6 is 0 Å². The van der Waals surface area contributed by atoms with Gasteiger partial charge in [0.2, 0.25) is 0 Å². The Kier molecular flexibility index (Phi) is 4.65. The highest BCUT2D eigenvalue weighted by molar-refractivity contribution is 5.99. The zero-order valence-electron chi connectivity index (χ0n) is 13.2. The molecule has 0 radical (unpaired) electrons. The molecule has 0 aliphatic carbocycles. The lowest BCUT2D eigenvalue weighted by Gasteiger charge is -2.08. The maximum Gasteiger partial charge on any atom is 0.269 e. The number of hydrogen-bond donors (Lipinski definition) is 2. The molecule has 10 nitrogen and oxygen atoms in total. The van der Waals surface area contributed by atoms with Crippen molar-refractivity contribution in [1.82, 2.24) is 25.6 Å². The van der Waals surface area contributed by atoms with Gasteiger partial charge >= 0.3 is 0 Å². The number of aromatic nitrogens is 3. The van der Waals surface area contributed by atoms with Crippen molar-refractivity contribution in [3.8, 4) is 5.69 Å². The molecule has 0 saturated heterocycles. The first-order valence-electron chi connectivity index (χ1n) is 7.35. The highest BCUT2D eigenvalue weighted by Gasteiger charge is 2.11. The highest BCUT2D eigenvalue weighted by Crippen LogP contribution is 2.11. The Bertz CT molecular complexity index is 936. The fraction of sp³-hybridized carbons (Fsp3) is 0. The largest absolute Gasteiger partial charge is 0.269 e. The van der Waals surface area contributed by atoms with Crippen molar-refractivity contribution in [1.29, 1.82) is 0 Å². The topological polar surface area (TPSA) is 132 Å². The lowest BCUT2D eigenvalue weighted by atomic mass is 10.2. The summed E-state index contributed by atoms with van der Waals surface area (Å²) < 4.78 is 1.54. The predicted molar refractivity (Wildman–Crippen MR) is 89.4 cm³/mol. The van der Waals surface area contributed by atoms with Gasteiger partial charge in [0.1, 0.15) is 12.7 Å². The number of non-ortho nitro benzene ring substituents is 1. The van der Waals surface area contributed by atoms with Gasteiger partial charge in [-0.15, -0.1) is 0 Å². The number of nitrogens with one attached hydrogen (secondary N) is 2. The summed E-state index contributed by atoms with van der Waals surface area (Å²) in [6, 6.07) is 11.5. The molecular formula is C16H12N6O4. The summed E-state index contributed by atoms with van der Waals surface area (Å²) in [6.45, 7) is 0. The number of nitro benzene ring substituents is 1. The second-order valence-corrected chi connectivity index (χ2v) is 5.10. The van der Waals surface area contributed by atoms with Crippen molar-refractivity contribution in [2.24, 2.45) is 0 Å². The molecular weight excluding hydrogens is 340 g/mol. The summed E-state index contributed by atoms with van der Waals surface area (Å²) >= 11 is 0. The summed E-state index contributed by atoms with van der Waals surface area (Å²) in [5.74, 6) is -1.10. The second kappa shape index (κ2) is 7.21. The zero-order valence-corrected chi connectivity index (χ0v) is 13.2. The lowest BCUT2D eigenvalue weighted by Crippen LogP contribution is -2.41. The predicted octanol–water partition coefficient (Wildman–Crippen LogP) is 1.25. The summed E-state index contributed by atoms with van der Waals surface area (Å²) in [5.41, 5.74) is 5.65. The molecule has 0 unspecified atom stereocenters. The average Bonchev–Trinajstić information content (AvgIpc) is 3.21. The molecule has 2 aromatic carbocycles.